The molecule has 0 radical (unpaired) electrons. The molecule has 2 rings (SSSR count). The molecule has 1 atom stereocenters. The fourth-order valence-corrected chi connectivity index (χ4v) is 2.22. The Labute approximate surface area is 140 Å². The molecule has 0 aliphatic rings. The molecule has 0 aliphatic heterocycles. The molecule has 0 unspecified atom stereocenters. The van der Waals surface area contributed by atoms with Gasteiger partial charge in [0.25, 0.3) is 0 Å². The number of imidazole rings is 1. The summed E-state index contributed by atoms with van der Waals surface area (Å²) in [4.78, 5) is 30.7. The second-order valence-electron chi connectivity index (χ2n) is 5.15. The topological polar surface area (TPSA) is 96.1 Å². The van der Waals surface area contributed by atoms with Gasteiger partial charge in [0, 0.05) is 0 Å². The summed E-state index contributed by atoms with van der Waals surface area (Å²) in [6, 6.07) is 9.58. The molecule has 3 N–H and O–H groups in total. The molecular formula is C17H22N4O3. The Balaban J connectivity index is 1.95. The van der Waals surface area contributed by atoms with Crippen LogP contribution in [0.1, 0.15) is 32.1 Å². The van der Waals surface area contributed by atoms with Crippen LogP contribution >= 0.6 is 0 Å². The van der Waals surface area contributed by atoms with Gasteiger partial charge in [-0.25, -0.2) is 9.78 Å². The zero-order valence-corrected chi connectivity index (χ0v) is 13.8. The summed E-state index contributed by atoms with van der Waals surface area (Å²) in [5.74, 6) is 0.383. The van der Waals surface area contributed by atoms with Crippen LogP contribution in [0, 0.1) is 0 Å². The first-order valence-corrected chi connectivity index (χ1v) is 7.94. The van der Waals surface area contributed by atoms with Crippen molar-refractivity contribution in [1.29, 1.82) is 0 Å². The van der Waals surface area contributed by atoms with Gasteiger partial charge in [0.2, 0.25) is 5.91 Å². The number of nitrogens with one attached hydrogen (secondary N) is 3. The zero-order valence-electron chi connectivity index (χ0n) is 13.8. The maximum absolute atomic E-state index is 11.9. The van der Waals surface area contributed by atoms with Gasteiger partial charge in [0.15, 0.2) is 0 Å². The highest BCUT2D eigenvalue weighted by Gasteiger charge is 2.17. The van der Waals surface area contributed by atoms with E-state index in [1.165, 1.54) is 0 Å². The maximum Gasteiger partial charge on any atom is 0.407 e. The van der Waals surface area contributed by atoms with Crippen LogP contribution in [0.2, 0.25) is 0 Å². The Bertz CT molecular complexity index is 669. The lowest BCUT2D eigenvalue weighted by atomic mass is 10.2. The van der Waals surface area contributed by atoms with Gasteiger partial charge in [-0.05, 0) is 18.9 Å². The van der Waals surface area contributed by atoms with E-state index in [1.807, 2.05) is 37.3 Å². The summed E-state index contributed by atoms with van der Waals surface area (Å²) in [5.41, 5.74) is 1.92. The number of ether oxygens (including phenoxy) is 1. The van der Waals surface area contributed by atoms with Gasteiger partial charge >= 0.3 is 6.09 Å². The van der Waals surface area contributed by atoms with Crippen LogP contribution in [0.25, 0.3) is 11.3 Å². The van der Waals surface area contributed by atoms with Crippen molar-refractivity contribution in [1.82, 2.24) is 20.6 Å². The van der Waals surface area contributed by atoms with Crippen molar-refractivity contribution >= 4 is 12.0 Å². The van der Waals surface area contributed by atoms with Crippen molar-refractivity contribution in [2.24, 2.45) is 0 Å². The van der Waals surface area contributed by atoms with Crippen LogP contribution in [0.5, 0.6) is 0 Å². The van der Waals surface area contributed by atoms with E-state index in [0.717, 1.165) is 11.3 Å². The molecule has 0 bridgehead atoms. The molecule has 1 heterocycles. The Morgan fingerprint density at radius 2 is 2.00 bits per heavy atom. The number of nitrogens with zero attached hydrogens (tertiary/aromatic N) is 1. The number of hydrogen-bond donors (Lipinski definition) is 3. The van der Waals surface area contributed by atoms with E-state index in [2.05, 4.69) is 20.6 Å². The molecule has 7 heteroatoms. The summed E-state index contributed by atoms with van der Waals surface area (Å²) < 4.78 is 4.71. The van der Waals surface area contributed by atoms with Crippen LogP contribution in [-0.2, 0) is 9.53 Å². The fourth-order valence-electron chi connectivity index (χ4n) is 2.22. The lowest BCUT2D eigenvalue weighted by molar-refractivity contribution is -0.121. The molecule has 0 fully saturated rings. The number of hydrogen-bond acceptors (Lipinski definition) is 4. The van der Waals surface area contributed by atoms with Crippen molar-refractivity contribution < 1.29 is 14.3 Å². The number of amides is 2. The van der Waals surface area contributed by atoms with Crippen LogP contribution in [-0.4, -0.2) is 35.1 Å². The van der Waals surface area contributed by atoms with Crippen molar-refractivity contribution in [2.45, 2.75) is 26.3 Å². The third-order valence-electron chi connectivity index (χ3n) is 3.42. The first kappa shape index (κ1) is 17.5. The Hall–Kier alpha value is -2.83. The van der Waals surface area contributed by atoms with Crippen molar-refractivity contribution in [3.05, 3.63) is 42.4 Å². The minimum absolute atomic E-state index is 0.137. The molecule has 128 valence electrons. The molecule has 7 nitrogen and oxygen atoms in total. The monoisotopic (exact) mass is 330 g/mol. The van der Waals surface area contributed by atoms with Gasteiger partial charge in [0.1, 0.15) is 12.4 Å². The number of carbonyl (C=O) groups excluding carboxylic acids is 2. The van der Waals surface area contributed by atoms with Crippen LogP contribution in [0.4, 0.5) is 4.79 Å². The van der Waals surface area contributed by atoms with Gasteiger partial charge in [-0.15, -0.1) is 0 Å². The summed E-state index contributed by atoms with van der Waals surface area (Å²) in [6.07, 6.45) is 1.81. The van der Waals surface area contributed by atoms with E-state index in [1.54, 1.807) is 13.1 Å². The number of alkyl carbamates (subject to hydrolysis) is 1. The number of benzene rings is 1. The molecular weight excluding hydrogens is 308 g/mol. The lowest BCUT2D eigenvalue weighted by Crippen LogP contribution is -2.39. The highest BCUT2D eigenvalue weighted by molar-refractivity contribution is 5.82. The Morgan fingerprint density at radius 3 is 2.67 bits per heavy atom. The summed E-state index contributed by atoms with van der Waals surface area (Å²) >= 11 is 0. The normalized spacial score (nSPS) is 11.6. The minimum Gasteiger partial charge on any atom is -0.450 e. The molecule has 0 spiro atoms. The Morgan fingerprint density at radius 1 is 1.25 bits per heavy atom. The summed E-state index contributed by atoms with van der Waals surface area (Å²) in [6.45, 7) is 3.78. The predicted molar refractivity (Wildman–Crippen MR) is 90.2 cm³/mol. The SMILES string of the molecule is CCOC(=O)NCC(=O)N[C@@H](CC)c1ncc(-c2ccccc2)[nH]1. The quantitative estimate of drug-likeness (QED) is 0.726. The molecule has 0 saturated heterocycles. The lowest BCUT2D eigenvalue weighted by Gasteiger charge is -2.15. The Kier molecular flexibility index (Phi) is 6.36. The first-order chi connectivity index (χ1) is 11.6. The number of rotatable bonds is 7. The van der Waals surface area contributed by atoms with Gasteiger partial charge < -0.3 is 20.4 Å². The van der Waals surface area contributed by atoms with Crippen LogP contribution in [0.15, 0.2) is 36.5 Å². The molecule has 2 amide bonds. The molecule has 0 aliphatic carbocycles. The van der Waals surface area contributed by atoms with E-state index in [4.69, 9.17) is 4.74 Å². The minimum atomic E-state index is -0.606. The highest BCUT2D eigenvalue weighted by Crippen LogP contribution is 2.20. The van der Waals surface area contributed by atoms with E-state index in [-0.39, 0.29) is 25.1 Å². The van der Waals surface area contributed by atoms with E-state index < -0.39 is 6.09 Å². The van der Waals surface area contributed by atoms with Crippen LogP contribution in [0.3, 0.4) is 0 Å². The summed E-state index contributed by atoms with van der Waals surface area (Å²) in [7, 11) is 0. The third kappa shape index (κ3) is 4.84. The third-order valence-corrected chi connectivity index (χ3v) is 3.42. The smallest absolute Gasteiger partial charge is 0.407 e. The number of aromatic amines is 1. The highest BCUT2D eigenvalue weighted by atomic mass is 16.5. The molecule has 0 saturated carbocycles. The molecule has 1 aromatic heterocycles. The van der Waals surface area contributed by atoms with Gasteiger partial charge in [-0.3, -0.25) is 4.79 Å². The second-order valence-corrected chi connectivity index (χ2v) is 5.15. The van der Waals surface area contributed by atoms with E-state index in [0.29, 0.717) is 12.2 Å². The van der Waals surface area contributed by atoms with Gasteiger partial charge in [-0.1, -0.05) is 37.3 Å². The maximum atomic E-state index is 11.9. The number of aromatic nitrogens is 2. The largest absolute Gasteiger partial charge is 0.450 e. The van der Waals surface area contributed by atoms with Gasteiger partial charge in [0.05, 0.1) is 24.5 Å². The fraction of sp³-hybridized carbons (Fsp3) is 0.353. The van der Waals surface area contributed by atoms with Crippen molar-refractivity contribution in [2.75, 3.05) is 13.2 Å². The van der Waals surface area contributed by atoms with Crippen molar-refractivity contribution in [3.8, 4) is 11.3 Å². The molecule has 1 aromatic carbocycles. The second kappa shape index (κ2) is 8.71. The van der Waals surface area contributed by atoms with Crippen molar-refractivity contribution in [3.63, 3.8) is 0 Å². The average molecular weight is 330 g/mol. The van der Waals surface area contributed by atoms with E-state index in [9.17, 15) is 9.59 Å². The standard InChI is InChI=1S/C17H22N4O3/c1-3-13(20-15(22)11-19-17(23)24-4-2)16-18-10-14(21-16)12-8-6-5-7-9-12/h5-10,13H,3-4,11H2,1-2H3,(H,18,21)(H,19,23)(H,20,22)/t13-/m0/s1. The molecule has 2 aromatic rings. The number of carbonyl (C=O) groups is 2. The average Bonchev–Trinajstić information content (AvgIpc) is 3.09. The zero-order chi connectivity index (χ0) is 17.4. The first-order valence-electron chi connectivity index (χ1n) is 7.94. The van der Waals surface area contributed by atoms with E-state index >= 15 is 0 Å². The van der Waals surface area contributed by atoms with Gasteiger partial charge in [-0.2, -0.15) is 0 Å². The van der Waals surface area contributed by atoms with Crippen LogP contribution < -0.4 is 10.6 Å². The number of H-pyrrole nitrogens is 1. The molecule has 24 heavy (non-hydrogen) atoms. The predicted octanol–water partition coefficient (Wildman–Crippen LogP) is 2.39. The summed E-state index contributed by atoms with van der Waals surface area (Å²) in [5, 5.41) is 5.23.